The van der Waals surface area contributed by atoms with Gasteiger partial charge in [-0.2, -0.15) is 14.9 Å². The predicted octanol–water partition coefficient (Wildman–Crippen LogP) is 4.22. The first-order valence-electron chi connectivity index (χ1n) is 7.86. The molecular formula is C19H19N5S. The standard InChI is InChI=1S/C19H19N5S/c1-23(2)17-12-10-16(11-13-17)18-21-22-19(25)24(18)20-14-6-9-15-7-4-3-5-8-15/h3-14H,1-2H3,(H,22,25)/b9-6+,20-14+. The monoisotopic (exact) mass is 349 g/mol. The molecule has 0 aliphatic heterocycles. The molecule has 2 aromatic carbocycles. The van der Waals surface area contributed by atoms with Crippen molar-refractivity contribution >= 4 is 30.2 Å². The Bertz CT molecular complexity index is 934. The molecule has 0 amide bonds. The lowest BCUT2D eigenvalue weighted by atomic mass is 10.2. The molecule has 25 heavy (non-hydrogen) atoms. The SMILES string of the molecule is CN(C)c1ccc(-c2n[nH]c(=S)n2/N=C/C=C/c2ccccc2)cc1. The number of nitrogens with one attached hydrogen (secondary N) is 1. The first-order chi connectivity index (χ1) is 12.1. The van der Waals surface area contributed by atoms with Crippen molar-refractivity contribution < 1.29 is 0 Å². The van der Waals surface area contributed by atoms with Gasteiger partial charge in [0.25, 0.3) is 0 Å². The van der Waals surface area contributed by atoms with E-state index in [4.69, 9.17) is 12.2 Å². The van der Waals surface area contributed by atoms with Crippen molar-refractivity contribution in [2.75, 3.05) is 19.0 Å². The first-order valence-corrected chi connectivity index (χ1v) is 8.27. The minimum atomic E-state index is 0.455. The highest BCUT2D eigenvalue weighted by atomic mass is 32.1. The highest BCUT2D eigenvalue weighted by molar-refractivity contribution is 7.71. The molecule has 3 rings (SSSR count). The van der Waals surface area contributed by atoms with E-state index < -0.39 is 0 Å². The van der Waals surface area contributed by atoms with E-state index in [0.29, 0.717) is 10.6 Å². The van der Waals surface area contributed by atoms with E-state index in [1.807, 2.05) is 85.7 Å². The van der Waals surface area contributed by atoms with Gasteiger partial charge in [-0.15, -0.1) is 0 Å². The molecule has 0 aliphatic carbocycles. The van der Waals surface area contributed by atoms with E-state index in [-0.39, 0.29) is 0 Å². The van der Waals surface area contributed by atoms with Crippen LogP contribution in [0.4, 0.5) is 5.69 Å². The number of hydrogen-bond acceptors (Lipinski definition) is 4. The van der Waals surface area contributed by atoms with Crippen LogP contribution in [0.2, 0.25) is 0 Å². The van der Waals surface area contributed by atoms with Gasteiger partial charge in [0.1, 0.15) is 0 Å². The van der Waals surface area contributed by atoms with Gasteiger partial charge in [-0.1, -0.05) is 36.4 Å². The zero-order valence-corrected chi connectivity index (χ0v) is 14.9. The molecule has 1 aromatic heterocycles. The first kappa shape index (κ1) is 16.9. The summed E-state index contributed by atoms with van der Waals surface area (Å²) in [4.78, 5) is 2.05. The van der Waals surface area contributed by atoms with E-state index in [9.17, 15) is 0 Å². The Morgan fingerprint density at radius 1 is 1.08 bits per heavy atom. The van der Waals surface area contributed by atoms with E-state index in [1.165, 1.54) is 0 Å². The van der Waals surface area contributed by atoms with Gasteiger partial charge in [0, 0.05) is 31.6 Å². The lowest BCUT2D eigenvalue weighted by Gasteiger charge is -2.12. The number of allylic oxidation sites excluding steroid dienone is 1. The van der Waals surface area contributed by atoms with E-state index >= 15 is 0 Å². The largest absolute Gasteiger partial charge is 0.378 e. The Hall–Kier alpha value is -2.99. The maximum atomic E-state index is 5.28. The predicted molar refractivity (Wildman–Crippen MR) is 107 cm³/mol. The van der Waals surface area contributed by atoms with Crippen molar-refractivity contribution in [1.82, 2.24) is 14.9 Å². The lowest BCUT2D eigenvalue weighted by molar-refractivity contribution is 0.872. The zero-order chi connectivity index (χ0) is 17.6. The van der Waals surface area contributed by atoms with Gasteiger partial charge in [-0.05, 0) is 48.1 Å². The fraction of sp³-hybridized carbons (Fsp3) is 0.105. The van der Waals surface area contributed by atoms with Gasteiger partial charge in [0.2, 0.25) is 4.77 Å². The average Bonchev–Trinajstić information content (AvgIpc) is 3.00. The Morgan fingerprint density at radius 3 is 2.48 bits per heavy atom. The number of anilines is 1. The normalized spacial score (nSPS) is 11.4. The summed E-state index contributed by atoms with van der Waals surface area (Å²) in [6, 6.07) is 18.1. The topological polar surface area (TPSA) is 49.2 Å². The summed E-state index contributed by atoms with van der Waals surface area (Å²) in [6.45, 7) is 0. The second kappa shape index (κ2) is 7.72. The summed E-state index contributed by atoms with van der Waals surface area (Å²) in [5.41, 5.74) is 3.19. The summed E-state index contributed by atoms with van der Waals surface area (Å²) >= 11 is 5.28. The molecule has 1 heterocycles. The van der Waals surface area contributed by atoms with Gasteiger partial charge in [0.05, 0.1) is 0 Å². The molecule has 0 bridgehead atoms. The number of aromatic amines is 1. The van der Waals surface area contributed by atoms with Crippen LogP contribution in [0.15, 0.2) is 65.8 Å². The highest BCUT2D eigenvalue weighted by Gasteiger charge is 2.08. The fourth-order valence-corrected chi connectivity index (χ4v) is 2.50. The molecule has 0 fully saturated rings. The van der Waals surface area contributed by atoms with Crippen molar-refractivity contribution in [2.24, 2.45) is 5.10 Å². The molecule has 0 saturated heterocycles. The molecule has 0 spiro atoms. The quantitative estimate of drug-likeness (QED) is 0.554. The number of rotatable bonds is 5. The fourth-order valence-electron chi connectivity index (χ4n) is 2.32. The number of nitrogens with zero attached hydrogens (tertiary/aromatic N) is 4. The molecule has 3 aromatic rings. The van der Waals surface area contributed by atoms with E-state index in [1.54, 1.807) is 10.9 Å². The minimum absolute atomic E-state index is 0.455. The zero-order valence-electron chi connectivity index (χ0n) is 14.1. The van der Waals surface area contributed by atoms with E-state index in [2.05, 4.69) is 15.3 Å². The van der Waals surface area contributed by atoms with Crippen LogP contribution in [0.5, 0.6) is 0 Å². The van der Waals surface area contributed by atoms with Crippen molar-refractivity contribution in [3.63, 3.8) is 0 Å². The van der Waals surface area contributed by atoms with Gasteiger partial charge in [0.15, 0.2) is 5.82 Å². The van der Waals surface area contributed by atoms with Crippen LogP contribution in [0.3, 0.4) is 0 Å². The van der Waals surface area contributed by atoms with Crippen molar-refractivity contribution in [1.29, 1.82) is 0 Å². The Labute approximate surface area is 151 Å². The number of hydrogen-bond donors (Lipinski definition) is 1. The van der Waals surface area contributed by atoms with Crippen molar-refractivity contribution in [2.45, 2.75) is 0 Å². The third kappa shape index (κ3) is 4.10. The molecule has 0 atom stereocenters. The Morgan fingerprint density at radius 2 is 1.80 bits per heavy atom. The third-order valence-corrected chi connectivity index (χ3v) is 3.91. The summed E-state index contributed by atoms with van der Waals surface area (Å²) < 4.78 is 2.08. The lowest BCUT2D eigenvalue weighted by Crippen LogP contribution is -2.08. The summed E-state index contributed by atoms with van der Waals surface area (Å²) in [6.07, 6.45) is 5.57. The minimum Gasteiger partial charge on any atom is -0.378 e. The summed E-state index contributed by atoms with van der Waals surface area (Å²) in [7, 11) is 4.02. The van der Waals surface area contributed by atoms with E-state index in [0.717, 1.165) is 16.8 Å². The maximum absolute atomic E-state index is 5.28. The molecular weight excluding hydrogens is 330 g/mol. The van der Waals surface area contributed by atoms with Crippen LogP contribution in [0.1, 0.15) is 5.56 Å². The number of H-pyrrole nitrogens is 1. The molecule has 1 N–H and O–H groups in total. The second-order valence-electron chi connectivity index (χ2n) is 5.64. The van der Waals surface area contributed by atoms with Crippen LogP contribution < -0.4 is 4.90 Å². The smallest absolute Gasteiger partial charge is 0.216 e. The maximum Gasteiger partial charge on any atom is 0.216 e. The summed E-state index contributed by atoms with van der Waals surface area (Å²) in [5, 5.41) is 11.5. The number of benzene rings is 2. The Kier molecular flexibility index (Phi) is 5.20. The Balaban J connectivity index is 1.83. The molecule has 5 nitrogen and oxygen atoms in total. The summed E-state index contributed by atoms with van der Waals surface area (Å²) in [5.74, 6) is 0.680. The molecule has 0 aliphatic rings. The highest BCUT2D eigenvalue weighted by Crippen LogP contribution is 2.20. The van der Waals surface area contributed by atoms with Crippen molar-refractivity contribution in [3.8, 4) is 11.4 Å². The van der Waals surface area contributed by atoms with Gasteiger partial charge in [-0.25, -0.2) is 5.10 Å². The molecule has 0 saturated carbocycles. The van der Waals surface area contributed by atoms with Crippen LogP contribution in [-0.2, 0) is 0 Å². The second-order valence-corrected chi connectivity index (χ2v) is 6.03. The number of aromatic nitrogens is 3. The molecule has 0 radical (unpaired) electrons. The molecule has 126 valence electrons. The van der Waals surface area contributed by atoms with Gasteiger partial charge < -0.3 is 4.90 Å². The van der Waals surface area contributed by atoms with Crippen LogP contribution >= 0.6 is 12.2 Å². The van der Waals surface area contributed by atoms with Gasteiger partial charge >= 0.3 is 0 Å². The van der Waals surface area contributed by atoms with Gasteiger partial charge in [-0.3, -0.25) is 0 Å². The van der Waals surface area contributed by atoms with Crippen LogP contribution in [-0.4, -0.2) is 35.2 Å². The van der Waals surface area contributed by atoms with Crippen LogP contribution in [0.25, 0.3) is 17.5 Å². The third-order valence-electron chi connectivity index (χ3n) is 3.65. The molecule has 0 unspecified atom stereocenters. The van der Waals surface area contributed by atoms with Crippen LogP contribution in [0, 0.1) is 4.77 Å². The average molecular weight is 349 g/mol. The van der Waals surface area contributed by atoms with Crippen molar-refractivity contribution in [3.05, 3.63) is 71.0 Å². The molecule has 6 heteroatoms.